The largest absolute Gasteiger partial charge is 0.489 e. The van der Waals surface area contributed by atoms with Crippen LogP contribution < -0.4 is 10.1 Å². The lowest BCUT2D eigenvalue weighted by atomic mass is 10.3. The molecule has 0 atom stereocenters. The number of hydrogen-bond donors (Lipinski definition) is 1. The molecule has 0 unspecified atom stereocenters. The molecule has 1 aromatic carbocycles. The van der Waals surface area contributed by atoms with E-state index in [0.29, 0.717) is 6.61 Å². The molecule has 0 bridgehead atoms. The summed E-state index contributed by atoms with van der Waals surface area (Å²) in [6.45, 7) is 2.61. The molecule has 1 heterocycles. The van der Waals surface area contributed by atoms with Gasteiger partial charge in [0, 0.05) is 17.6 Å². The van der Waals surface area contributed by atoms with Gasteiger partial charge in [-0.3, -0.25) is 0 Å². The highest BCUT2D eigenvalue weighted by Gasteiger charge is 2.03. The molecule has 1 aliphatic heterocycles. The molecule has 1 aromatic rings. The third kappa shape index (κ3) is 2.59. The third-order valence-electron chi connectivity index (χ3n) is 2.11. The lowest BCUT2D eigenvalue weighted by Crippen LogP contribution is -2.11. The first kappa shape index (κ1) is 9.74. The van der Waals surface area contributed by atoms with Gasteiger partial charge in [0.25, 0.3) is 0 Å². The van der Waals surface area contributed by atoms with Crippen molar-refractivity contribution in [1.82, 2.24) is 5.32 Å². The second kappa shape index (κ2) is 4.62. The zero-order valence-electron chi connectivity index (χ0n) is 7.79. The monoisotopic (exact) mass is 253 g/mol. The minimum absolute atomic E-state index is 0.684. The van der Waals surface area contributed by atoms with Gasteiger partial charge in [0.1, 0.15) is 12.4 Å². The SMILES string of the molecule is Brc1cccc(OCC2=CCNC2)c1. The van der Waals surface area contributed by atoms with Gasteiger partial charge in [0.05, 0.1) is 0 Å². The molecule has 1 N–H and O–H groups in total. The number of ether oxygens (including phenoxy) is 1. The predicted molar refractivity (Wildman–Crippen MR) is 60.6 cm³/mol. The molecule has 2 nitrogen and oxygen atoms in total. The van der Waals surface area contributed by atoms with Crippen LogP contribution in [0.4, 0.5) is 0 Å². The van der Waals surface area contributed by atoms with Crippen LogP contribution in [0.2, 0.25) is 0 Å². The minimum atomic E-state index is 0.684. The molecular formula is C11H12BrNO. The molecule has 74 valence electrons. The summed E-state index contributed by atoms with van der Waals surface area (Å²) in [5, 5.41) is 3.24. The summed E-state index contributed by atoms with van der Waals surface area (Å²) in [6, 6.07) is 7.90. The summed E-state index contributed by atoms with van der Waals surface area (Å²) in [6.07, 6.45) is 2.18. The summed E-state index contributed by atoms with van der Waals surface area (Å²) in [5.74, 6) is 0.909. The molecular weight excluding hydrogens is 242 g/mol. The van der Waals surface area contributed by atoms with Crippen molar-refractivity contribution in [1.29, 1.82) is 0 Å². The van der Waals surface area contributed by atoms with Crippen molar-refractivity contribution in [2.45, 2.75) is 0 Å². The quantitative estimate of drug-likeness (QED) is 0.836. The van der Waals surface area contributed by atoms with Crippen LogP contribution in [-0.2, 0) is 0 Å². The molecule has 0 saturated heterocycles. The van der Waals surface area contributed by atoms with Gasteiger partial charge in [0.2, 0.25) is 0 Å². The maximum atomic E-state index is 5.63. The van der Waals surface area contributed by atoms with Crippen molar-refractivity contribution >= 4 is 15.9 Å². The third-order valence-corrected chi connectivity index (χ3v) is 2.60. The predicted octanol–water partition coefficient (Wildman–Crippen LogP) is 2.36. The Hall–Kier alpha value is -0.800. The van der Waals surface area contributed by atoms with Crippen molar-refractivity contribution in [2.24, 2.45) is 0 Å². The Morgan fingerprint density at radius 1 is 1.43 bits per heavy atom. The Balaban J connectivity index is 1.91. The van der Waals surface area contributed by atoms with E-state index in [2.05, 4.69) is 27.3 Å². The maximum Gasteiger partial charge on any atom is 0.120 e. The van der Waals surface area contributed by atoms with Crippen LogP contribution >= 0.6 is 15.9 Å². The van der Waals surface area contributed by atoms with Gasteiger partial charge in [0.15, 0.2) is 0 Å². The first-order chi connectivity index (χ1) is 6.84. The summed E-state index contributed by atoms with van der Waals surface area (Å²) >= 11 is 3.41. The zero-order valence-corrected chi connectivity index (χ0v) is 9.38. The summed E-state index contributed by atoms with van der Waals surface area (Å²) < 4.78 is 6.68. The maximum absolute atomic E-state index is 5.63. The van der Waals surface area contributed by atoms with E-state index in [1.807, 2.05) is 24.3 Å². The Labute approximate surface area is 92.1 Å². The van der Waals surface area contributed by atoms with Crippen molar-refractivity contribution in [2.75, 3.05) is 19.7 Å². The van der Waals surface area contributed by atoms with Gasteiger partial charge in [-0.2, -0.15) is 0 Å². The number of benzene rings is 1. The molecule has 0 aliphatic carbocycles. The van der Waals surface area contributed by atoms with E-state index < -0.39 is 0 Å². The van der Waals surface area contributed by atoms with Crippen LogP contribution in [0.3, 0.4) is 0 Å². The second-order valence-electron chi connectivity index (χ2n) is 3.24. The Morgan fingerprint density at radius 2 is 2.36 bits per heavy atom. The number of halogens is 1. The molecule has 0 spiro atoms. The van der Waals surface area contributed by atoms with Crippen molar-refractivity contribution < 1.29 is 4.74 Å². The van der Waals surface area contributed by atoms with Crippen LogP contribution in [0, 0.1) is 0 Å². The molecule has 14 heavy (non-hydrogen) atoms. The van der Waals surface area contributed by atoms with E-state index in [1.54, 1.807) is 0 Å². The van der Waals surface area contributed by atoms with Crippen molar-refractivity contribution in [3.05, 3.63) is 40.4 Å². The zero-order chi connectivity index (χ0) is 9.80. The summed E-state index contributed by atoms with van der Waals surface area (Å²) in [4.78, 5) is 0. The molecule has 0 aromatic heterocycles. The average molecular weight is 254 g/mol. The smallest absolute Gasteiger partial charge is 0.120 e. The lowest BCUT2D eigenvalue weighted by molar-refractivity contribution is 0.350. The molecule has 0 fully saturated rings. The second-order valence-corrected chi connectivity index (χ2v) is 4.15. The fraction of sp³-hybridized carbons (Fsp3) is 0.273. The summed E-state index contributed by atoms with van der Waals surface area (Å²) in [5.41, 5.74) is 1.32. The standard InChI is InChI=1S/C11H12BrNO/c12-10-2-1-3-11(6-10)14-8-9-4-5-13-7-9/h1-4,6,13H,5,7-8H2. The van der Waals surface area contributed by atoms with Crippen LogP contribution in [0.25, 0.3) is 0 Å². The fourth-order valence-electron chi connectivity index (χ4n) is 1.36. The first-order valence-corrected chi connectivity index (χ1v) is 5.41. The molecule has 3 heteroatoms. The van der Waals surface area contributed by atoms with E-state index in [9.17, 15) is 0 Å². The van der Waals surface area contributed by atoms with E-state index in [-0.39, 0.29) is 0 Å². The van der Waals surface area contributed by atoms with Crippen molar-refractivity contribution in [3.8, 4) is 5.75 Å². The van der Waals surface area contributed by atoms with E-state index in [1.165, 1.54) is 5.57 Å². The van der Waals surface area contributed by atoms with E-state index >= 15 is 0 Å². The van der Waals surface area contributed by atoms with Gasteiger partial charge >= 0.3 is 0 Å². The van der Waals surface area contributed by atoms with Gasteiger partial charge in [-0.15, -0.1) is 0 Å². The number of rotatable bonds is 3. The Morgan fingerprint density at radius 3 is 3.07 bits per heavy atom. The molecule has 0 radical (unpaired) electrons. The van der Waals surface area contributed by atoms with E-state index in [0.717, 1.165) is 23.3 Å². The highest BCUT2D eigenvalue weighted by molar-refractivity contribution is 9.10. The van der Waals surface area contributed by atoms with Gasteiger partial charge < -0.3 is 10.1 Å². The van der Waals surface area contributed by atoms with E-state index in [4.69, 9.17) is 4.74 Å². The van der Waals surface area contributed by atoms with Crippen LogP contribution in [0.15, 0.2) is 40.4 Å². The molecule has 0 saturated carbocycles. The number of hydrogen-bond acceptors (Lipinski definition) is 2. The average Bonchev–Trinajstić information content (AvgIpc) is 2.67. The van der Waals surface area contributed by atoms with Crippen molar-refractivity contribution in [3.63, 3.8) is 0 Å². The Bertz CT molecular complexity index is 349. The van der Waals surface area contributed by atoms with Crippen LogP contribution in [-0.4, -0.2) is 19.7 Å². The first-order valence-electron chi connectivity index (χ1n) is 4.61. The normalized spacial score (nSPS) is 15.4. The van der Waals surface area contributed by atoms with Crippen LogP contribution in [0.1, 0.15) is 0 Å². The highest BCUT2D eigenvalue weighted by atomic mass is 79.9. The summed E-state index contributed by atoms with van der Waals surface area (Å²) in [7, 11) is 0. The topological polar surface area (TPSA) is 21.3 Å². The lowest BCUT2D eigenvalue weighted by Gasteiger charge is -2.06. The van der Waals surface area contributed by atoms with Crippen LogP contribution in [0.5, 0.6) is 5.75 Å². The molecule has 0 amide bonds. The van der Waals surface area contributed by atoms with Gasteiger partial charge in [-0.1, -0.05) is 28.1 Å². The van der Waals surface area contributed by atoms with Gasteiger partial charge in [-0.05, 0) is 23.8 Å². The molecule has 1 aliphatic rings. The molecule has 2 rings (SSSR count). The van der Waals surface area contributed by atoms with Gasteiger partial charge in [-0.25, -0.2) is 0 Å². The fourth-order valence-corrected chi connectivity index (χ4v) is 1.74. The number of nitrogens with one attached hydrogen (secondary N) is 1. The minimum Gasteiger partial charge on any atom is -0.489 e. The Kier molecular flexibility index (Phi) is 3.22. The highest BCUT2D eigenvalue weighted by Crippen LogP contribution is 2.18.